The Hall–Kier alpha value is 1.12. The van der Waals surface area contributed by atoms with Crippen LogP contribution in [0.5, 0.6) is 0 Å². The summed E-state index contributed by atoms with van der Waals surface area (Å²) < 4.78 is 0. The molecule has 0 radical (unpaired) electrons. The molecule has 0 saturated carbocycles. The van der Waals surface area contributed by atoms with Crippen molar-refractivity contribution in [1.82, 2.24) is 0 Å². The van der Waals surface area contributed by atoms with Crippen molar-refractivity contribution in [1.29, 1.82) is 0 Å². The molecule has 0 heterocycles. The van der Waals surface area contributed by atoms with Gasteiger partial charge >= 0.3 is 40.8 Å². The summed E-state index contributed by atoms with van der Waals surface area (Å²) >= 11 is 0. The van der Waals surface area contributed by atoms with E-state index in [9.17, 15) is 0 Å². The van der Waals surface area contributed by atoms with Gasteiger partial charge in [-0.3, -0.25) is 0 Å². The first-order valence-corrected chi connectivity index (χ1v) is 0. The van der Waals surface area contributed by atoms with Gasteiger partial charge in [0, 0.05) is 0 Å². The smallest absolute Gasteiger partial charge is 2.00 e. The third-order valence-electron chi connectivity index (χ3n) is 0. The predicted octanol–water partition coefficient (Wildman–Crippen LogP) is -0.599. The van der Waals surface area contributed by atoms with Crippen LogP contribution in [0.2, 0.25) is 0 Å². The van der Waals surface area contributed by atoms with Crippen LogP contribution < -0.4 is 0 Å². The second kappa shape index (κ2) is 211. The van der Waals surface area contributed by atoms with Crippen molar-refractivity contribution in [2.24, 2.45) is 0 Å². The zero-order valence-corrected chi connectivity index (χ0v) is 8.23. The quantitative estimate of drug-likeness (QED) is 0.463. The minimum Gasteiger partial charge on any atom is -2.00 e. The van der Waals surface area contributed by atoms with E-state index in [1.165, 1.54) is 0 Å². The summed E-state index contributed by atoms with van der Waals surface area (Å²) in [4.78, 5) is 0. The molecule has 0 atom stereocenters. The SMILES string of the molecule is [O-2].[O-2].[O-2].[O-2].[O-2].[Re+5].[Re+5]. The van der Waals surface area contributed by atoms with Crippen LogP contribution >= 0.6 is 0 Å². The molecule has 0 aliphatic heterocycles. The van der Waals surface area contributed by atoms with E-state index in [1.807, 2.05) is 0 Å². The summed E-state index contributed by atoms with van der Waals surface area (Å²) in [6, 6.07) is 0. The summed E-state index contributed by atoms with van der Waals surface area (Å²) in [6.45, 7) is 0. The second-order valence-corrected chi connectivity index (χ2v) is 0. The molecule has 0 aliphatic rings. The van der Waals surface area contributed by atoms with Crippen LogP contribution in [-0.2, 0) is 68.2 Å². The Morgan fingerprint density at radius 3 is 0.286 bits per heavy atom. The molecule has 7 heteroatoms. The standard InChI is InChI=1S/5O.2Re/q5*-2;2*+5. The maximum atomic E-state index is 0. The third kappa shape index (κ3) is 148. The van der Waals surface area contributed by atoms with Crippen molar-refractivity contribution in [3.63, 3.8) is 0 Å². The van der Waals surface area contributed by atoms with Crippen molar-refractivity contribution in [3.8, 4) is 0 Å². The topological polar surface area (TPSA) is 142 Å². The first-order chi connectivity index (χ1) is 0. The van der Waals surface area contributed by atoms with Gasteiger partial charge in [0.25, 0.3) is 0 Å². The Kier molecular flexibility index (Phi) is 9840. The van der Waals surface area contributed by atoms with E-state index in [1.54, 1.807) is 0 Å². The number of hydrogen-bond donors (Lipinski definition) is 0. The fourth-order valence-electron chi connectivity index (χ4n) is 0. The number of hydrogen-bond acceptors (Lipinski definition) is 0. The van der Waals surface area contributed by atoms with E-state index >= 15 is 0 Å². The molecule has 0 rings (SSSR count). The van der Waals surface area contributed by atoms with Crippen LogP contribution in [0.3, 0.4) is 0 Å². The van der Waals surface area contributed by atoms with E-state index in [2.05, 4.69) is 0 Å². The normalized spacial score (nSPS) is 0. The summed E-state index contributed by atoms with van der Waals surface area (Å²) in [7, 11) is 0. The Morgan fingerprint density at radius 2 is 0.286 bits per heavy atom. The van der Waals surface area contributed by atoms with Gasteiger partial charge in [-0.2, -0.15) is 0 Å². The largest absolute Gasteiger partial charge is 5.00 e. The maximum Gasteiger partial charge on any atom is 5.00 e. The van der Waals surface area contributed by atoms with Crippen molar-refractivity contribution < 1.29 is 68.2 Å². The van der Waals surface area contributed by atoms with Gasteiger partial charge in [0.15, 0.2) is 0 Å². The molecular formula is O5Re2. The molecule has 0 aromatic heterocycles. The Bertz CT molecular complexity index is 6.04. The zero-order chi connectivity index (χ0) is 0. The van der Waals surface area contributed by atoms with Gasteiger partial charge in [-0.05, 0) is 0 Å². The van der Waals surface area contributed by atoms with Gasteiger partial charge in [-0.1, -0.05) is 0 Å². The van der Waals surface area contributed by atoms with Crippen molar-refractivity contribution in [2.45, 2.75) is 0 Å². The Balaban J connectivity index is 0. The molecule has 5 nitrogen and oxygen atoms in total. The van der Waals surface area contributed by atoms with E-state index in [-0.39, 0.29) is 68.2 Å². The minimum absolute atomic E-state index is 0. The first kappa shape index (κ1) is 326. The monoisotopic (exact) mass is 454 g/mol. The zero-order valence-electron chi connectivity index (χ0n) is 2.80. The van der Waals surface area contributed by atoms with Crippen LogP contribution in [-0.4, -0.2) is 0 Å². The van der Waals surface area contributed by atoms with Gasteiger partial charge in [0.05, 0.1) is 0 Å². The third-order valence-corrected chi connectivity index (χ3v) is 0. The molecule has 7 heavy (non-hydrogen) atoms. The van der Waals surface area contributed by atoms with E-state index in [0.29, 0.717) is 0 Å². The van der Waals surface area contributed by atoms with E-state index in [4.69, 9.17) is 0 Å². The minimum atomic E-state index is 0. The summed E-state index contributed by atoms with van der Waals surface area (Å²) in [6.07, 6.45) is 0. The second-order valence-electron chi connectivity index (χ2n) is 0. The molecule has 44 valence electrons. The van der Waals surface area contributed by atoms with Gasteiger partial charge in [-0.15, -0.1) is 0 Å². The predicted molar refractivity (Wildman–Crippen MR) is 3.43 cm³/mol. The average molecular weight is 452 g/mol. The van der Waals surface area contributed by atoms with E-state index in [0.717, 1.165) is 0 Å². The molecule has 0 aromatic carbocycles. The summed E-state index contributed by atoms with van der Waals surface area (Å²) in [5, 5.41) is 0. The molecule has 0 unspecified atom stereocenters. The van der Waals surface area contributed by atoms with Gasteiger partial charge < -0.3 is 27.4 Å². The number of rotatable bonds is 0. The Labute approximate surface area is 68.3 Å². The summed E-state index contributed by atoms with van der Waals surface area (Å²) in [5.41, 5.74) is 0. The fourth-order valence-corrected chi connectivity index (χ4v) is 0. The Morgan fingerprint density at radius 1 is 0.286 bits per heavy atom. The van der Waals surface area contributed by atoms with Gasteiger partial charge in [-0.25, -0.2) is 0 Å². The molecule has 0 saturated heterocycles. The van der Waals surface area contributed by atoms with Crippen LogP contribution in [0.4, 0.5) is 0 Å². The molecule has 0 aromatic rings. The summed E-state index contributed by atoms with van der Waals surface area (Å²) in [5.74, 6) is 0. The van der Waals surface area contributed by atoms with E-state index < -0.39 is 0 Å². The average Bonchev–Trinajstić information content (AvgIpc) is 0. The van der Waals surface area contributed by atoms with Crippen LogP contribution in [0.1, 0.15) is 0 Å². The van der Waals surface area contributed by atoms with Crippen LogP contribution in [0, 0.1) is 0 Å². The van der Waals surface area contributed by atoms with Crippen LogP contribution in [0.25, 0.3) is 0 Å². The van der Waals surface area contributed by atoms with Crippen molar-refractivity contribution in [3.05, 3.63) is 0 Å². The molecule has 0 fully saturated rings. The van der Waals surface area contributed by atoms with Gasteiger partial charge in [0.2, 0.25) is 0 Å². The first-order valence-electron chi connectivity index (χ1n) is 0. The molecule has 0 bridgehead atoms. The fraction of sp³-hybridized carbons (Fsp3) is 0. The van der Waals surface area contributed by atoms with Crippen LogP contribution in [0.15, 0.2) is 0 Å². The van der Waals surface area contributed by atoms with Gasteiger partial charge in [0.1, 0.15) is 0 Å². The van der Waals surface area contributed by atoms with Crippen molar-refractivity contribution in [2.75, 3.05) is 0 Å². The maximum absolute atomic E-state index is 0. The molecule has 0 N–H and O–H groups in total. The van der Waals surface area contributed by atoms with Crippen molar-refractivity contribution >= 4 is 0 Å². The molecule has 0 spiro atoms. The molecular weight excluding hydrogens is 452 g/mol. The molecule has 0 aliphatic carbocycles. The molecule has 0 amide bonds.